The fraction of sp³-hybridized carbons (Fsp3) is 0.333. The van der Waals surface area contributed by atoms with E-state index in [1.165, 1.54) is 24.3 Å². The molecule has 2 N–H and O–H groups in total. The van der Waals surface area contributed by atoms with Crippen molar-refractivity contribution >= 4 is 27.6 Å². The lowest BCUT2D eigenvalue weighted by atomic mass is 10.0. The highest BCUT2D eigenvalue weighted by molar-refractivity contribution is 7.89. The molecule has 2 aromatic rings. The van der Waals surface area contributed by atoms with Crippen molar-refractivity contribution in [3.05, 3.63) is 59.7 Å². The lowest BCUT2D eigenvalue weighted by Crippen LogP contribution is -2.25. The molecule has 0 aliphatic heterocycles. The molecule has 0 atom stereocenters. The number of rotatable bonds is 9. The Kier molecular flexibility index (Phi) is 7.92. The normalized spacial score (nSPS) is 11.3. The maximum atomic E-state index is 12.2. The van der Waals surface area contributed by atoms with Crippen molar-refractivity contribution in [2.75, 3.05) is 18.5 Å². The minimum absolute atomic E-state index is 0.0323. The first-order valence-electron chi connectivity index (χ1n) is 9.39. The van der Waals surface area contributed by atoms with Gasteiger partial charge in [-0.1, -0.05) is 39.0 Å². The summed E-state index contributed by atoms with van der Waals surface area (Å²) in [5, 5.41) is 2.65. The van der Waals surface area contributed by atoms with Gasteiger partial charge in [0.1, 0.15) is 0 Å². The summed E-state index contributed by atoms with van der Waals surface area (Å²) in [6.45, 7) is 5.82. The number of benzene rings is 2. The van der Waals surface area contributed by atoms with E-state index in [9.17, 15) is 18.0 Å². The van der Waals surface area contributed by atoms with Crippen molar-refractivity contribution in [3.8, 4) is 0 Å². The molecule has 2 rings (SSSR count). The summed E-state index contributed by atoms with van der Waals surface area (Å²) in [7, 11) is -3.70. The Hall–Kier alpha value is -2.71. The number of anilines is 1. The molecule has 7 nitrogen and oxygen atoms in total. The molecule has 8 heteroatoms. The Balaban J connectivity index is 1.95. The van der Waals surface area contributed by atoms with Gasteiger partial charge in [0.25, 0.3) is 5.91 Å². The van der Waals surface area contributed by atoms with Crippen LogP contribution in [0.25, 0.3) is 0 Å². The summed E-state index contributed by atoms with van der Waals surface area (Å²) < 4.78 is 31.8. The molecule has 0 aliphatic rings. The van der Waals surface area contributed by atoms with Gasteiger partial charge in [0.15, 0.2) is 6.61 Å². The first kappa shape index (κ1) is 22.6. The van der Waals surface area contributed by atoms with Crippen LogP contribution in [-0.2, 0) is 19.6 Å². The van der Waals surface area contributed by atoms with Gasteiger partial charge in [-0.05, 0) is 48.2 Å². The van der Waals surface area contributed by atoms with Crippen LogP contribution in [0.1, 0.15) is 49.0 Å². The molecule has 0 heterocycles. The van der Waals surface area contributed by atoms with E-state index < -0.39 is 28.5 Å². The third-order valence-electron chi connectivity index (χ3n) is 4.12. The van der Waals surface area contributed by atoms with Crippen molar-refractivity contribution in [2.45, 2.75) is 38.0 Å². The van der Waals surface area contributed by atoms with Crippen LogP contribution in [0.3, 0.4) is 0 Å². The second-order valence-electron chi connectivity index (χ2n) is 6.83. The Morgan fingerprint density at radius 1 is 1.07 bits per heavy atom. The summed E-state index contributed by atoms with van der Waals surface area (Å²) in [5.41, 5.74) is 1.81. The van der Waals surface area contributed by atoms with Gasteiger partial charge in [0.2, 0.25) is 10.0 Å². The van der Waals surface area contributed by atoms with Crippen LogP contribution in [0.2, 0.25) is 0 Å². The smallest absolute Gasteiger partial charge is 0.338 e. The number of carbonyl (C=O) groups is 2. The van der Waals surface area contributed by atoms with Crippen molar-refractivity contribution in [3.63, 3.8) is 0 Å². The van der Waals surface area contributed by atoms with E-state index in [2.05, 4.69) is 23.9 Å². The number of carbonyl (C=O) groups excluding carboxylic acids is 2. The highest BCUT2D eigenvalue weighted by Crippen LogP contribution is 2.17. The van der Waals surface area contributed by atoms with E-state index in [1.54, 1.807) is 12.1 Å². The van der Waals surface area contributed by atoms with Gasteiger partial charge in [-0.15, -0.1) is 0 Å². The average Bonchev–Trinajstić information content (AvgIpc) is 2.71. The summed E-state index contributed by atoms with van der Waals surface area (Å²) in [4.78, 5) is 24.2. The molecular formula is C21H26N2O5S. The van der Waals surface area contributed by atoms with E-state index in [0.29, 0.717) is 24.6 Å². The fourth-order valence-corrected chi connectivity index (χ4v) is 3.65. The third kappa shape index (κ3) is 6.69. The first-order chi connectivity index (χ1) is 13.7. The van der Waals surface area contributed by atoms with Crippen LogP contribution >= 0.6 is 0 Å². The Labute approximate surface area is 171 Å². The van der Waals surface area contributed by atoms with Gasteiger partial charge in [-0.3, -0.25) is 4.79 Å². The topological polar surface area (TPSA) is 102 Å². The van der Waals surface area contributed by atoms with Crippen LogP contribution in [0, 0.1) is 0 Å². The number of ether oxygens (including phenoxy) is 1. The molecule has 1 amide bonds. The van der Waals surface area contributed by atoms with E-state index >= 15 is 0 Å². The average molecular weight is 419 g/mol. The zero-order valence-electron chi connectivity index (χ0n) is 16.8. The van der Waals surface area contributed by atoms with Gasteiger partial charge >= 0.3 is 5.97 Å². The number of amides is 1. The predicted molar refractivity (Wildman–Crippen MR) is 111 cm³/mol. The number of sulfonamides is 1. The molecule has 0 unspecified atom stereocenters. The van der Waals surface area contributed by atoms with E-state index in [-0.39, 0.29) is 10.5 Å². The minimum Gasteiger partial charge on any atom is -0.452 e. The maximum absolute atomic E-state index is 12.2. The Morgan fingerprint density at radius 3 is 2.38 bits per heavy atom. The van der Waals surface area contributed by atoms with Gasteiger partial charge < -0.3 is 10.1 Å². The summed E-state index contributed by atoms with van der Waals surface area (Å²) in [6, 6.07) is 12.9. The lowest BCUT2D eigenvalue weighted by molar-refractivity contribution is -0.119. The highest BCUT2D eigenvalue weighted by Gasteiger charge is 2.17. The molecule has 29 heavy (non-hydrogen) atoms. The van der Waals surface area contributed by atoms with Crippen LogP contribution in [0.15, 0.2) is 53.4 Å². The van der Waals surface area contributed by atoms with Crippen molar-refractivity contribution < 1.29 is 22.7 Å². The van der Waals surface area contributed by atoms with Gasteiger partial charge in [-0.25, -0.2) is 17.9 Å². The molecule has 2 aromatic carbocycles. The third-order valence-corrected chi connectivity index (χ3v) is 5.58. The summed E-state index contributed by atoms with van der Waals surface area (Å²) in [6.07, 6.45) is 0.649. The molecule has 0 bridgehead atoms. The van der Waals surface area contributed by atoms with E-state index in [4.69, 9.17) is 4.74 Å². The van der Waals surface area contributed by atoms with E-state index in [1.807, 2.05) is 19.1 Å². The zero-order valence-corrected chi connectivity index (χ0v) is 17.6. The van der Waals surface area contributed by atoms with Crippen LogP contribution in [0.4, 0.5) is 5.69 Å². The molecule has 0 saturated carbocycles. The second kappa shape index (κ2) is 10.2. The second-order valence-corrected chi connectivity index (χ2v) is 8.59. The number of esters is 1. The highest BCUT2D eigenvalue weighted by atomic mass is 32.2. The lowest BCUT2D eigenvalue weighted by Gasteiger charge is -2.10. The Morgan fingerprint density at radius 2 is 1.76 bits per heavy atom. The van der Waals surface area contributed by atoms with Crippen molar-refractivity contribution in [1.82, 2.24) is 4.72 Å². The number of hydrogen-bond acceptors (Lipinski definition) is 5. The maximum Gasteiger partial charge on any atom is 0.338 e. The molecule has 0 aromatic heterocycles. The molecule has 156 valence electrons. The molecule has 0 radical (unpaired) electrons. The van der Waals surface area contributed by atoms with Gasteiger partial charge in [0, 0.05) is 12.2 Å². The van der Waals surface area contributed by atoms with Gasteiger partial charge in [-0.2, -0.15) is 0 Å². The van der Waals surface area contributed by atoms with Crippen molar-refractivity contribution in [1.29, 1.82) is 0 Å². The van der Waals surface area contributed by atoms with Crippen LogP contribution < -0.4 is 10.0 Å². The van der Waals surface area contributed by atoms with Gasteiger partial charge in [0.05, 0.1) is 10.5 Å². The molecule has 0 fully saturated rings. The van der Waals surface area contributed by atoms with Crippen molar-refractivity contribution in [2.24, 2.45) is 0 Å². The number of nitrogens with one attached hydrogen (secondary N) is 2. The molecule has 0 aliphatic carbocycles. The molecular weight excluding hydrogens is 392 g/mol. The summed E-state index contributed by atoms with van der Waals surface area (Å²) >= 11 is 0. The minimum atomic E-state index is -3.70. The molecule has 0 spiro atoms. The van der Waals surface area contributed by atoms with Crippen LogP contribution in [0.5, 0.6) is 0 Å². The quantitative estimate of drug-likeness (QED) is 0.609. The number of hydrogen-bond donors (Lipinski definition) is 2. The molecule has 0 saturated heterocycles. The standard InChI is InChI=1S/C21H26N2O5S/c1-4-12-22-29(26,27)19-7-5-6-17(13-19)21(25)28-14-20(24)23-18-10-8-16(9-11-18)15(2)3/h5-11,13,15,22H,4,12,14H2,1-3H3,(H,23,24). The monoisotopic (exact) mass is 418 g/mol. The van der Waals surface area contributed by atoms with E-state index in [0.717, 1.165) is 5.56 Å². The predicted octanol–water partition coefficient (Wildman–Crippen LogP) is 3.29. The first-order valence-corrected chi connectivity index (χ1v) is 10.9. The SMILES string of the molecule is CCCNS(=O)(=O)c1cccc(C(=O)OCC(=O)Nc2ccc(C(C)C)cc2)c1. The van der Waals surface area contributed by atoms with Crippen LogP contribution in [-0.4, -0.2) is 33.4 Å². The zero-order chi connectivity index (χ0) is 21.4. The summed E-state index contributed by atoms with van der Waals surface area (Å²) in [5.74, 6) is -0.871. The Bertz CT molecular complexity index is 953. The largest absolute Gasteiger partial charge is 0.452 e. The fourth-order valence-electron chi connectivity index (χ4n) is 2.47.